The summed E-state index contributed by atoms with van der Waals surface area (Å²) in [6.45, 7) is 9.86. The molecule has 4 aliphatic rings. The molecule has 0 N–H and O–H groups in total. The van der Waals surface area contributed by atoms with Crippen molar-refractivity contribution < 1.29 is 4.79 Å². The van der Waals surface area contributed by atoms with Crippen molar-refractivity contribution in [1.82, 2.24) is 0 Å². The Balaban J connectivity index is 1.97. The van der Waals surface area contributed by atoms with E-state index < -0.39 is 0 Å². The lowest BCUT2D eigenvalue weighted by Gasteiger charge is -2.59. The number of carbonyl (C=O) groups excluding carboxylic acids is 1. The first kappa shape index (κ1) is 13.3. The Bertz CT molecular complexity index is 482. The van der Waals surface area contributed by atoms with Crippen LogP contribution in [0.15, 0.2) is 0 Å². The van der Waals surface area contributed by atoms with Gasteiger partial charge >= 0.3 is 0 Å². The predicted molar refractivity (Wildman–Crippen MR) is 81.4 cm³/mol. The molecule has 4 fully saturated rings. The largest absolute Gasteiger partial charge is 0.299 e. The van der Waals surface area contributed by atoms with Gasteiger partial charge in [-0.3, -0.25) is 4.79 Å². The zero-order valence-corrected chi connectivity index (χ0v) is 13.7. The van der Waals surface area contributed by atoms with Gasteiger partial charge in [0.2, 0.25) is 0 Å². The third-order valence-corrected chi connectivity index (χ3v) is 9.09. The van der Waals surface area contributed by atoms with Crippen LogP contribution in [0.1, 0.15) is 79.1 Å². The van der Waals surface area contributed by atoms with E-state index in [9.17, 15) is 4.79 Å². The van der Waals surface area contributed by atoms with Gasteiger partial charge in [-0.1, -0.05) is 40.5 Å². The highest BCUT2D eigenvalue weighted by atomic mass is 16.1. The highest BCUT2D eigenvalue weighted by Gasteiger charge is 2.79. The lowest BCUT2D eigenvalue weighted by Crippen LogP contribution is -2.54. The molecule has 112 valence electrons. The SMILES string of the molecule is C[C@@H]1C(=O)C[C@@]2(C)CC[C@]34[C@@H](C)CCCC3(C)CCC124. The Kier molecular flexibility index (Phi) is 2.35. The van der Waals surface area contributed by atoms with E-state index in [1.54, 1.807) is 0 Å². The van der Waals surface area contributed by atoms with E-state index in [-0.39, 0.29) is 0 Å². The van der Waals surface area contributed by atoms with Crippen LogP contribution in [0, 0.1) is 33.5 Å². The Morgan fingerprint density at radius 3 is 2.30 bits per heavy atom. The van der Waals surface area contributed by atoms with Gasteiger partial charge in [0.1, 0.15) is 5.78 Å². The minimum atomic E-state index is 0.312. The number of hydrogen-bond donors (Lipinski definition) is 0. The molecule has 0 aromatic rings. The molecule has 1 heteroatoms. The summed E-state index contributed by atoms with van der Waals surface area (Å²) in [5, 5.41) is 0. The van der Waals surface area contributed by atoms with Crippen LogP contribution in [0.2, 0.25) is 0 Å². The van der Waals surface area contributed by atoms with Crippen molar-refractivity contribution in [2.75, 3.05) is 0 Å². The van der Waals surface area contributed by atoms with Gasteiger partial charge in [-0.15, -0.1) is 0 Å². The quantitative estimate of drug-likeness (QED) is 0.608. The minimum Gasteiger partial charge on any atom is -0.299 e. The second kappa shape index (κ2) is 3.52. The smallest absolute Gasteiger partial charge is 0.136 e. The lowest BCUT2D eigenvalue weighted by molar-refractivity contribution is -0.134. The van der Waals surface area contributed by atoms with E-state index in [0.29, 0.717) is 33.4 Å². The minimum absolute atomic E-state index is 0.312. The fourth-order valence-electron chi connectivity index (χ4n) is 8.38. The Hall–Kier alpha value is -0.330. The highest BCUT2D eigenvalue weighted by Crippen LogP contribution is 2.85. The van der Waals surface area contributed by atoms with Gasteiger partial charge in [0.15, 0.2) is 0 Å². The van der Waals surface area contributed by atoms with Crippen LogP contribution in [0.3, 0.4) is 0 Å². The summed E-state index contributed by atoms with van der Waals surface area (Å²) < 4.78 is 0. The van der Waals surface area contributed by atoms with Crippen molar-refractivity contribution >= 4 is 5.78 Å². The summed E-state index contributed by atoms with van der Waals surface area (Å²) in [6.07, 6.45) is 10.5. The van der Waals surface area contributed by atoms with Crippen LogP contribution in [0.5, 0.6) is 0 Å². The molecule has 0 heterocycles. The van der Waals surface area contributed by atoms with Gasteiger partial charge in [0, 0.05) is 12.3 Å². The molecule has 0 bridgehead atoms. The first-order valence-electron chi connectivity index (χ1n) is 8.86. The number of rotatable bonds is 0. The van der Waals surface area contributed by atoms with Crippen LogP contribution in [0.25, 0.3) is 0 Å². The average molecular weight is 274 g/mol. The Morgan fingerprint density at radius 1 is 0.900 bits per heavy atom. The van der Waals surface area contributed by atoms with Gasteiger partial charge in [0.05, 0.1) is 0 Å². The van der Waals surface area contributed by atoms with Gasteiger partial charge in [0.25, 0.3) is 0 Å². The van der Waals surface area contributed by atoms with Gasteiger partial charge < -0.3 is 0 Å². The number of hydrogen-bond acceptors (Lipinski definition) is 1. The van der Waals surface area contributed by atoms with Crippen molar-refractivity contribution in [3.05, 3.63) is 0 Å². The number of Topliss-reactive ketones (excluding diaryl/α,β-unsaturated/α-hetero) is 1. The van der Waals surface area contributed by atoms with Crippen molar-refractivity contribution in [1.29, 1.82) is 0 Å². The van der Waals surface area contributed by atoms with Crippen molar-refractivity contribution in [3.8, 4) is 0 Å². The van der Waals surface area contributed by atoms with Crippen LogP contribution >= 0.6 is 0 Å². The molecule has 0 aliphatic heterocycles. The summed E-state index contributed by atoms with van der Waals surface area (Å²) in [6, 6.07) is 0. The van der Waals surface area contributed by atoms with Crippen molar-refractivity contribution in [2.24, 2.45) is 33.5 Å². The maximum absolute atomic E-state index is 12.6. The third kappa shape index (κ3) is 1.04. The maximum Gasteiger partial charge on any atom is 0.136 e. The molecule has 4 aliphatic carbocycles. The van der Waals surface area contributed by atoms with Crippen molar-refractivity contribution in [3.63, 3.8) is 0 Å². The number of ketones is 1. The zero-order valence-electron chi connectivity index (χ0n) is 13.7. The standard InChI is InChI=1S/C19H30O/c1-13-6-5-7-16(3)8-11-19-14(2)15(20)12-17(19,4)9-10-18(13,16)19/h13-14H,5-12H2,1-4H3/t13-,14+,16?,17+,18-,19?/m0/s1. The molecule has 20 heavy (non-hydrogen) atoms. The first-order chi connectivity index (χ1) is 9.33. The van der Waals surface area contributed by atoms with Crippen LogP contribution in [-0.2, 0) is 4.79 Å². The summed E-state index contributed by atoms with van der Waals surface area (Å²) >= 11 is 0. The predicted octanol–water partition coefficient (Wildman–Crippen LogP) is 4.99. The Morgan fingerprint density at radius 2 is 1.55 bits per heavy atom. The second-order valence-electron chi connectivity index (χ2n) is 9.22. The molecular formula is C19H30O. The molecular weight excluding hydrogens is 244 g/mol. The van der Waals surface area contributed by atoms with E-state index in [0.717, 1.165) is 12.3 Å². The van der Waals surface area contributed by atoms with Crippen molar-refractivity contribution in [2.45, 2.75) is 79.1 Å². The normalized spacial score (nSPS) is 61.3. The van der Waals surface area contributed by atoms with E-state index in [2.05, 4.69) is 27.7 Å². The molecule has 0 aromatic heterocycles. The maximum atomic E-state index is 12.6. The second-order valence-corrected chi connectivity index (χ2v) is 9.22. The van der Waals surface area contributed by atoms with Gasteiger partial charge in [-0.05, 0) is 59.7 Å². The highest BCUT2D eigenvalue weighted by molar-refractivity contribution is 5.86. The summed E-state index contributed by atoms with van der Waals surface area (Å²) in [5.74, 6) is 1.71. The topological polar surface area (TPSA) is 17.1 Å². The monoisotopic (exact) mass is 274 g/mol. The molecule has 4 rings (SSSR count). The van der Waals surface area contributed by atoms with E-state index >= 15 is 0 Å². The van der Waals surface area contributed by atoms with Gasteiger partial charge in [-0.2, -0.15) is 0 Å². The molecule has 1 nitrogen and oxygen atoms in total. The molecule has 0 saturated heterocycles. The van der Waals surface area contributed by atoms with E-state index in [4.69, 9.17) is 0 Å². The third-order valence-electron chi connectivity index (χ3n) is 9.09. The molecule has 2 unspecified atom stereocenters. The average Bonchev–Trinajstić information content (AvgIpc) is 2.88. The molecule has 4 saturated carbocycles. The summed E-state index contributed by atoms with van der Waals surface area (Å²) in [4.78, 5) is 12.6. The Labute approximate surface area is 123 Å². The fourth-order valence-corrected chi connectivity index (χ4v) is 8.38. The fraction of sp³-hybridized carbons (Fsp3) is 0.947. The zero-order chi connectivity index (χ0) is 14.4. The lowest BCUT2D eigenvalue weighted by atomic mass is 9.45. The molecule has 2 spiro atoms. The van der Waals surface area contributed by atoms with E-state index in [1.807, 2.05) is 0 Å². The number of carbonyl (C=O) groups is 1. The molecule has 6 atom stereocenters. The molecule has 0 amide bonds. The molecule has 0 radical (unpaired) electrons. The van der Waals surface area contributed by atoms with Crippen LogP contribution < -0.4 is 0 Å². The van der Waals surface area contributed by atoms with Crippen LogP contribution in [0.4, 0.5) is 0 Å². The summed E-state index contributed by atoms with van der Waals surface area (Å²) in [7, 11) is 0. The molecule has 0 aromatic carbocycles. The first-order valence-corrected chi connectivity index (χ1v) is 8.86. The van der Waals surface area contributed by atoms with Gasteiger partial charge in [-0.25, -0.2) is 0 Å². The summed E-state index contributed by atoms with van der Waals surface area (Å²) in [5.41, 5.74) is 1.64. The van der Waals surface area contributed by atoms with Crippen LogP contribution in [-0.4, -0.2) is 5.78 Å². The van der Waals surface area contributed by atoms with E-state index in [1.165, 1.54) is 44.9 Å².